The Labute approximate surface area is 140 Å². The number of nitrogens with two attached hydrogens (primary N) is 1. The van der Waals surface area contributed by atoms with Crippen molar-refractivity contribution in [3.8, 4) is 0 Å². The van der Waals surface area contributed by atoms with Crippen LogP contribution in [0.25, 0.3) is 5.70 Å². The van der Waals surface area contributed by atoms with Crippen molar-refractivity contribution in [1.82, 2.24) is 10.3 Å². The van der Waals surface area contributed by atoms with Crippen LogP contribution in [0.3, 0.4) is 0 Å². The molecule has 1 aliphatic carbocycles. The van der Waals surface area contributed by atoms with Gasteiger partial charge in [0.15, 0.2) is 0 Å². The summed E-state index contributed by atoms with van der Waals surface area (Å²) in [6.45, 7) is 4.63. The smallest absolute Gasteiger partial charge is 0.0953 e. The van der Waals surface area contributed by atoms with Gasteiger partial charge in [0.1, 0.15) is 0 Å². The first-order valence-electron chi connectivity index (χ1n) is 7.97. The lowest BCUT2D eigenvalue weighted by atomic mass is 9.95. The number of H-pyrrole nitrogens is 1. The fourth-order valence-corrected chi connectivity index (χ4v) is 4.52. The maximum Gasteiger partial charge on any atom is 0.0953 e. The molecular weight excluding hydrogens is 312 g/mol. The quantitative estimate of drug-likeness (QED) is 0.501. The molecule has 0 spiro atoms. The first-order valence-corrected chi connectivity index (χ1v) is 9.12. The van der Waals surface area contributed by atoms with E-state index in [1.807, 2.05) is 6.20 Å². The molecule has 1 saturated carbocycles. The summed E-state index contributed by atoms with van der Waals surface area (Å²) in [6, 6.07) is 0. The molecule has 1 aromatic heterocycles. The zero-order valence-corrected chi connectivity index (χ0v) is 13.9. The number of aromatic amines is 1. The highest BCUT2D eigenvalue weighted by atomic mass is 32.2. The van der Waals surface area contributed by atoms with E-state index in [4.69, 9.17) is 5.73 Å². The van der Waals surface area contributed by atoms with E-state index in [2.05, 4.69) is 21.9 Å². The Bertz CT molecular complexity index is 601. The van der Waals surface area contributed by atoms with Crippen LogP contribution < -0.4 is 11.1 Å². The molecule has 0 bridgehead atoms. The van der Waals surface area contributed by atoms with Crippen molar-refractivity contribution in [2.75, 3.05) is 18.1 Å². The number of aliphatic hydroxyl groups excluding tert-OH is 2. The molecule has 0 radical (unpaired) electrons. The third kappa shape index (κ3) is 3.19. The molecule has 126 valence electrons. The average Bonchev–Trinajstić information content (AvgIpc) is 3.09. The summed E-state index contributed by atoms with van der Waals surface area (Å²) in [4.78, 5) is 7.55. The minimum absolute atomic E-state index is 0.0946. The van der Waals surface area contributed by atoms with Crippen LogP contribution in [0.2, 0.25) is 0 Å². The van der Waals surface area contributed by atoms with Crippen molar-refractivity contribution < 1.29 is 10.2 Å². The summed E-state index contributed by atoms with van der Waals surface area (Å²) in [7, 11) is 0. The van der Waals surface area contributed by atoms with Crippen LogP contribution >= 0.6 is 11.8 Å². The highest BCUT2D eigenvalue weighted by Gasteiger charge is 2.43. The third-order valence-electron chi connectivity index (χ3n) is 4.64. The molecule has 1 fully saturated rings. The number of nitrogens with zero attached hydrogens (tertiary/aromatic N) is 1. The van der Waals surface area contributed by atoms with Gasteiger partial charge in [-0.3, -0.25) is 0 Å². The van der Waals surface area contributed by atoms with E-state index in [0.717, 1.165) is 47.0 Å². The van der Waals surface area contributed by atoms with Gasteiger partial charge < -0.3 is 26.2 Å². The Morgan fingerprint density at radius 1 is 1.39 bits per heavy atom. The molecule has 0 amide bonds. The van der Waals surface area contributed by atoms with Crippen molar-refractivity contribution >= 4 is 29.5 Å². The van der Waals surface area contributed by atoms with Crippen molar-refractivity contribution in [2.24, 2.45) is 16.6 Å². The second-order valence-corrected chi connectivity index (χ2v) is 7.30. The average molecular weight is 336 g/mol. The number of rotatable bonds is 6. The molecular formula is C16H24N4O2S. The Hall–Kier alpha value is -1.28. The molecule has 2 heterocycles. The minimum atomic E-state index is -0.756. The number of nitrogens with one attached hydrogen (secondary N) is 2. The molecule has 23 heavy (non-hydrogen) atoms. The van der Waals surface area contributed by atoms with Gasteiger partial charge >= 0.3 is 0 Å². The van der Waals surface area contributed by atoms with E-state index in [9.17, 15) is 10.2 Å². The maximum atomic E-state index is 10.5. The molecule has 2 aliphatic rings. The number of thioether (sulfide) groups is 1. The number of hydrogen-bond donors (Lipinski definition) is 5. The Morgan fingerprint density at radius 2 is 2.22 bits per heavy atom. The number of aromatic nitrogens is 1. The van der Waals surface area contributed by atoms with Gasteiger partial charge in [0, 0.05) is 17.7 Å². The van der Waals surface area contributed by atoms with Crippen molar-refractivity contribution in [2.45, 2.75) is 31.0 Å². The normalized spacial score (nSPS) is 29.6. The van der Waals surface area contributed by atoms with E-state index >= 15 is 0 Å². The van der Waals surface area contributed by atoms with Gasteiger partial charge in [0.2, 0.25) is 0 Å². The highest BCUT2D eigenvalue weighted by molar-refractivity contribution is 7.99. The van der Waals surface area contributed by atoms with E-state index in [1.165, 1.54) is 0 Å². The molecule has 3 rings (SSSR count). The lowest BCUT2D eigenvalue weighted by Gasteiger charge is -2.18. The molecule has 7 heteroatoms. The van der Waals surface area contributed by atoms with Crippen LogP contribution in [-0.4, -0.2) is 51.8 Å². The van der Waals surface area contributed by atoms with Gasteiger partial charge in [-0.05, 0) is 36.8 Å². The predicted octanol–water partition coefficient (Wildman–Crippen LogP) is 1.16. The molecule has 1 aromatic rings. The summed E-state index contributed by atoms with van der Waals surface area (Å²) in [5.74, 6) is 1.83. The molecule has 6 nitrogen and oxygen atoms in total. The summed E-state index contributed by atoms with van der Waals surface area (Å²) in [5, 5.41) is 23.8. The van der Waals surface area contributed by atoms with Gasteiger partial charge in [-0.25, -0.2) is 4.99 Å². The van der Waals surface area contributed by atoms with Crippen LogP contribution in [0.1, 0.15) is 30.0 Å². The largest absolute Gasteiger partial charge is 0.390 e. The monoisotopic (exact) mass is 336 g/mol. The predicted molar refractivity (Wildman–Crippen MR) is 95.0 cm³/mol. The fourth-order valence-electron chi connectivity index (χ4n) is 3.35. The van der Waals surface area contributed by atoms with Crippen molar-refractivity contribution in [1.29, 1.82) is 0 Å². The first-order chi connectivity index (χ1) is 11.1. The second-order valence-electron chi connectivity index (χ2n) is 6.15. The van der Waals surface area contributed by atoms with Crippen LogP contribution in [0, 0.1) is 5.92 Å². The highest BCUT2D eigenvalue weighted by Crippen LogP contribution is 2.45. The fraction of sp³-hybridized carbons (Fsp3) is 0.562. The standard InChI is InChI=1S/C16H24N4O2S/c1-9-13-14(20-8-19-9)12(6-18-13)11-5-10(15(21)16(11)22)7-23-4-2-3-17/h6,8,10-11,15-16,18,21-22H,1-5,7,17H2,(H,19,20)/t10-,11+,15-,16+/m1/s1. The van der Waals surface area contributed by atoms with E-state index in [-0.39, 0.29) is 11.8 Å². The van der Waals surface area contributed by atoms with Gasteiger partial charge in [-0.2, -0.15) is 11.8 Å². The maximum absolute atomic E-state index is 10.5. The zero-order chi connectivity index (χ0) is 16.4. The van der Waals surface area contributed by atoms with Gasteiger partial charge in [0.05, 0.1) is 35.6 Å². The van der Waals surface area contributed by atoms with E-state index in [1.54, 1.807) is 18.1 Å². The summed E-state index contributed by atoms with van der Waals surface area (Å²) < 4.78 is 0. The zero-order valence-electron chi connectivity index (χ0n) is 13.0. The molecule has 1 aliphatic heterocycles. The second kappa shape index (κ2) is 7.09. The van der Waals surface area contributed by atoms with Crippen molar-refractivity contribution in [3.63, 3.8) is 0 Å². The molecule has 0 aromatic carbocycles. The van der Waals surface area contributed by atoms with Gasteiger partial charge in [-0.1, -0.05) is 6.58 Å². The molecule has 6 N–H and O–H groups in total. The van der Waals surface area contributed by atoms with Crippen LogP contribution in [-0.2, 0) is 0 Å². The van der Waals surface area contributed by atoms with Gasteiger partial charge in [-0.15, -0.1) is 0 Å². The van der Waals surface area contributed by atoms with Crippen LogP contribution in [0.5, 0.6) is 0 Å². The Kier molecular flexibility index (Phi) is 5.11. The van der Waals surface area contributed by atoms with Crippen LogP contribution in [0.4, 0.5) is 5.69 Å². The lowest BCUT2D eigenvalue weighted by Crippen LogP contribution is -2.28. The number of aliphatic imine (C=N–C) groups is 1. The Morgan fingerprint density at radius 3 is 3.00 bits per heavy atom. The summed E-state index contributed by atoms with van der Waals surface area (Å²) in [6.07, 6.45) is 3.79. The number of aliphatic hydroxyl groups is 2. The van der Waals surface area contributed by atoms with E-state index in [0.29, 0.717) is 6.54 Å². The molecule has 0 saturated heterocycles. The molecule has 0 unspecified atom stereocenters. The summed E-state index contributed by atoms with van der Waals surface area (Å²) >= 11 is 1.80. The van der Waals surface area contributed by atoms with Crippen molar-refractivity contribution in [3.05, 3.63) is 24.0 Å². The molecule has 4 atom stereocenters. The van der Waals surface area contributed by atoms with E-state index < -0.39 is 12.2 Å². The van der Waals surface area contributed by atoms with Gasteiger partial charge in [0.25, 0.3) is 0 Å². The number of hydrogen-bond acceptors (Lipinski definition) is 6. The van der Waals surface area contributed by atoms with Crippen LogP contribution in [0.15, 0.2) is 17.8 Å². The third-order valence-corrected chi connectivity index (χ3v) is 5.88. The minimum Gasteiger partial charge on any atom is -0.390 e. The SMILES string of the molecule is C=C1NC=Nc2c([C@@H]3C[C@H](CSCCCN)[C@@H](O)[C@H]3O)c[nH]c21. The first kappa shape index (κ1) is 16.6. The topological polar surface area (TPSA) is 107 Å². The lowest BCUT2D eigenvalue weighted by molar-refractivity contribution is 0.0190. The summed E-state index contributed by atoms with van der Waals surface area (Å²) in [5.41, 5.74) is 8.90. The Balaban J connectivity index is 1.72. The number of fused-ring (bicyclic) bond motifs is 1.